The number of nitrogens with zero attached hydrogens (tertiary/aromatic N) is 5. The molecule has 1 aliphatic heterocycles. The van der Waals surface area contributed by atoms with Gasteiger partial charge in [0.25, 0.3) is 0 Å². The zero-order chi connectivity index (χ0) is 25.6. The molecule has 0 atom stereocenters. The predicted octanol–water partition coefficient (Wildman–Crippen LogP) is 6.90. The molecule has 37 heavy (non-hydrogen) atoms. The molecule has 1 aliphatic rings. The van der Waals surface area contributed by atoms with Crippen molar-refractivity contribution in [2.24, 2.45) is 0 Å². The number of thiazole rings is 1. The number of anilines is 2. The number of amides is 1. The van der Waals surface area contributed by atoms with Crippen molar-refractivity contribution in [3.63, 3.8) is 0 Å². The van der Waals surface area contributed by atoms with Crippen LogP contribution < -0.4 is 10.1 Å². The van der Waals surface area contributed by atoms with Crippen LogP contribution in [0.4, 0.5) is 16.6 Å². The molecule has 1 saturated heterocycles. The van der Waals surface area contributed by atoms with Gasteiger partial charge in [0, 0.05) is 54.7 Å². The number of piperidine rings is 1. The molecule has 0 unspecified atom stereocenters. The molecule has 0 bridgehead atoms. The highest BCUT2D eigenvalue weighted by atomic mass is 32.2. The number of benzene rings is 1. The maximum absolute atomic E-state index is 11.6. The van der Waals surface area contributed by atoms with Crippen molar-refractivity contribution >= 4 is 45.6 Å². The fourth-order valence-electron chi connectivity index (χ4n) is 4.01. The number of likely N-dealkylation sites (tertiary alicyclic amines) is 1. The third kappa shape index (κ3) is 6.25. The molecular weight excluding hydrogens is 504 g/mol. The lowest BCUT2D eigenvalue weighted by Gasteiger charge is -2.30. The average molecular weight is 529 g/mol. The van der Waals surface area contributed by atoms with Gasteiger partial charge in [-0.1, -0.05) is 36.0 Å². The monoisotopic (exact) mass is 528 g/mol. The Labute approximate surface area is 223 Å². The second-order valence-electron chi connectivity index (χ2n) is 8.48. The van der Waals surface area contributed by atoms with Crippen LogP contribution in [0.2, 0.25) is 0 Å². The van der Waals surface area contributed by atoms with E-state index in [0.29, 0.717) is 28.9 Å². The lowest BCUT2D eigenvalue weighted by molar-refractivity contribution is -0.129. The van der Waals surface area contributed by atoms with Crippen LogP contribution in [0.1, 0.15) is 31.4 Å². The minimum absolute atomic E-state index is 0.133. The van der Waals surface area contributed by atoms with Crippen molar-refractivity contribution in [1.29, 1.82) is 0 Å². The SMILES string of the molecule is [C-]#[N+]c1ccc(Sc2cnc(Nc3nc(C4CCN(C(C)=O)CC4)cs3)c(Oc3ccccc3)c2)nc1. The fourth-order valence-corrected chi connectivity index (χ4v) is 5.56. The summed E-state index contributed by atoms with van der Waals surface area (Å²) < 4.78 is 6.19. The number of hydrogen-bond acceptors (Lipinski definition) is 8. The number of ether oxygens (including phenoxy) is 1. The van der Waals surface area contributed by atoms with Crippen LogP contribution >= 0.6 is 23.1 Å². The van der Waals surface area contributed by atoms with Crippen LogP contribution in [-0.2, 0) is 4.79 Å². The number of hydrogen-bond donors (Lipinski definition) is 1. The van der Waals surface area contributed by atoms with E-state index in [2.05, 4.69) is 25.5 Å². The normalized spacial score (nSPS) is 13.7. The molecule has 5 rings (SSSR count). The second kappa shape index (κ2) is 11.4. The lowest BCUT2D eigenvalue weighted by Crippen LogP contribution is -2.36. The van der Waals surface area contributed by atoms with Gasteiger partial charge in [-0.25, -0.2) is 14.8 Å². The molecule has 1 aromatic carbocycles. The molecule has 3 aromatic heterocycles. The quantitative estimate of drug-likeness (QED) is 0.261. The number of nitrogens with one attached hydrogen (secondary N) is 1. The van der Waals surface area contributed by atoms with Gasteiger partial charge < -0.3 is 15.0 Å². The van der Waals surface area contributed by atoms with Gasteiger partial charge in [0.05, 0.1) is 17.3 Å². The number of pyridine rings is 2. The van der Waals surface area contributed by atoms with Gasteiger partial charge in [0.1, 0.15) is 5.75 Å². The average Bonchev–Trinajstić information content (AvgIpc) is 3.40. The molecule has 8 nitrogen and oxygen atoms in total. The molecule has 4 heterocycles. The second-order valence-corrected chi connectivity index (χ2v) is 10.4. The minimum atomic E-state index is 0.133. The summed E-state index contributed by atoms with van der Waals surface area (Å²) in [6.45, 7) is 10.3. The predicted molar refractivity (Wildman–Crippen MR) is 145 cm³/mol. The Kier molecular flexibility index (Phi) is 7.63. The minimum Gasteiger partial charge on any atom is -0.453 e. The van der Waals surface area contributed by atoms with Gasteiger partial charge in [0.2, 0.25) is 11.6 Å². The van der Waals surface area contributed by atoms with E-state index in [0.717, 1.165) is 46.7 Å². The molecule has 1 amide bonds. The van der Waals surface area contributed by atoms with Crippen LogP contribution in [0.5, 0.6) is 11.5 Å². The third-order valence-electron chi connectivity index (χ3n) is 5.98. The molecule has 186 valence electrons. The van der Waals surface area contributed by atoms with Gasteiger partial charge >= 0.3 is 0 Å². The molecular formula is C27H24N6O2S2. The van der Waals surface area contributed by atoms with E-state index in [1.54, 1.807) is 25.4 Å². The first-order chi connectivity index (χ1) is 18.1. The Morgan fingerprint density at radius 3 is 2.68 bits per heavy atom. The van der Waals surface area contributed by atoms with E-state index >= 15 is 0 Å². The highest BCUT2D eigenvalue weighted by molar-refractivity contribution is 7.99. The molecule has 0 aliphatic carbocycles. The van der Waals surface area contributed by atoms with Gasteiger partial charge in [-0.05, 0) is 31.0 Å². The number of para-hydroxylation sites is 1. The Morgan fingerprint density at radius 2 is 1.97 bits per heavy atom. The molecule has 1 N–H and O–H groups in total. The fraction of sp³-hybridized carbons (Fsp3) is 0.222. The Hall–Kier alpha value is -3.94. The smallest absolute Gasteiger partial charge is 0.219 e. The maximum Gasteiger partial charge on any atom is 0.219 e. The summed E-state index contributed by atoms with van der Waals surface area (Å²) in [5.74, 6) is 2.31. The standard InChI is InChI=1S/C27H24N6O2S2/c1-18(34)33-12-10-19(11-13-33)23-17-36-27(31-23)32-26-24(35-21-6-4-3-5-7-21)14-22(16-30-26)37-25-9-8-20(28-2)15-29-25/h3-9,14-17,19H,10-13H2,1H3,(H,30,31,32). The number of carbonyl (C=O) groups is 1. The van der Waals surface area contributed by atoms with Gasteiger partial charge in [-0.3, -0.25) is 9.78 Å². The summed E-state index contributed by atoms with van der Waals surface area (Å²) in [5, 5.41) is 6.92. The van der Waals surface area contributed by atoms with E-state index in [1.165, 1.54) is 23.1 Å². The first-order valence-electron chi connectivity index (χ1n) is 11.8. The Balaban J connectivity index is 1.34. The third-order valence-corrected chi connectivity index (χ3v) is 7.66. The molecule has 0 radical (unpaired) electrons. The van der Waals surface area contributed by atoms with E-state index in [9.17, 15) is 4.79 Å². The largest absolute Gasteiger partial charge is 0.453 e. The van der Waals surface area contributed by atoms with Crippen molar-refractivity contribution in [1.82, 2.24) is 19.9 Å². The molecule has 1 fully saturated rings. The number of rotatable bonds is 7. The van der Waals surface area contributed by atoms with Gasteiger partial charge in [-0.2, -0.15) is 0 Å². The maximum atomic E-state index is 11.6. The van der Waals surface area contributed by atoms with Gasteiger partial charge in [0.15, 0.2) is 16.7 Å². The highest BCUT2D eigenvalue weighted by Crippen LogP contribution is 2.37. The summed E-state index contributed by atoms with van der Waals surface area (Å²) >= 11 is 2.98. The van der Waals surface area contributed by atoms with Crippen LogP contribution in [0.25, 0.3) is 4.85 Å². The highest BCUT2D eigenvalue weighted by Gasteiger charge is 2.24. The summed E-state index contributed by atoms with van der Waals surface area (Å²) in [6.07, 6.45) is 5.16. The lowest BCUT2D eigenvalue weighted by atomic mass is 9.94. The zero-order valence-electron chi connectivity index (χ0n) is 20.1. The molecule has 0 spiro atoms. The van der Waals surface area contributed by atoms with E-state index < -0.39 is 0 Å². The van der Waals surface area contributed by atoms with Crippen molar-refractivity contribution < 1.29 is 9.53 Å². The van der Waals surface area contributed by atoms with Crippen LogP contribution in [-0.4, -0.2) is 38.8 Å². The van der Waals surface area contributed by atoms with Crippen molar-refractivity contribution in [2.45, 2.75) is 35.6 Å². The summed E-state index contributed by atoms with van der Waals surface area (Å²) in [4.78, 5) is 31.6. The number of aromatic nitrogens is 3. The summed E-state index contributed by atoms with van der Waals surface area (Å²) in [5.41, 5.74) is 1.55. The molecule has 10 heteroatoms. The van der Waals surface area contributed by atoms with E-state index in [-0.39, 0.29) is 5.91 Å². The van der Waals surface area contributed by atoms with Gasteiger partial charge in [-0.15, -0.1) is 11.3 Å². The topological polar surface area (TPSA) is 84.6 Å². The zero-order valence-corrected chi connectivity index (χ0v) is 21.8. The van der Waals surface area contributed by atoms with Crippen LogP contribution in [0, 0.1) is 6.57 Å². The Morgan fingerprint density at radius 1 is 1.16 bits per heavy atom. The first kappa shape index (κ1) is 24.7. The Bertz CT molecular complexity index is 1410. The summed E-state index contributed by atoms with van der Waals surface area (Å²) in [7, 11) is 0. The first-order valence-corrected chi connectivity index (χ1v) is 13.5. The molecule has 4 aromatic rings. The van der Waals surface area contributed by atoms with Crippen LogP contribution in [0.15, 0.2) is 76.2 Å². The van der Waals surface area contributed by atoms with Crippen LogP contribution in [0.3, 0.4) is 0 Å². The van der Waals surface area contributed by atoms with E-state index in [1.807, 2.05) is 47.4 Å². The molecule has 0 saturated carbocycles. The van der Waals surface area contributed by atoms with Crippen molar-refractivity contribution in [3.05, 3.63) is 83.4 Å². The van der Waals surface area contributed by atoms with Crippen molar-refractivity contribution in [2.75, 3.05) is 18.4 Å². The van der Waals surface area contributed by atoms with Crippen molar-refractivity contribution in [3.8, 4) is 11.5 Å². The number of carbonyl (C=O) groups excluding carboxylic acids is 1. The van der Waals surface area contributed by atoms with E-state index in [4.69, 9.17) is 16.3 Å². The summed E-state index contributed by atoms with van der Waals surface area (Å²) in [6, 6.07) is 15.0.